The molecule has 0 amide bonds. The first-order valence-electron chi connectivity index (χ1n) is 8.05. The van der Waals surface area contributed by atoms with Crippen molar-refractivity contribution in [3.63, 3.8) is 0 Å². The Labute approximate surface area is 126 Å². The molecule has 0 fully saturated rings. The van der Waals surface area contributed by atoms with Gasteiger partial charge in [0.2, 0.25) is 0 Å². The van der Waals surface area contributed by atoms with Gasteiger partial charge >= 0.3 is 0 Å². The quantitative estimate of drug-likeness (QED) is 0.900. The predicted octanol–water partition coefficient (Wildman–Crippen LogP) is 3.30. The van der Waals surface area contributed by atoms with Crippen LogP contribution in [0.1, 0.15) is 28.7 Å². The molecule has 0 saturated heterocycles. The third-order valence-electron chi connectivity index (χ3n) is 4.79. The van der Waals surface area contributed by atoms with Crippen molar-refractivity contribution in [1.29, 1.82) is 0 Å². The second-order valence-electron chi connectivity index (χ2n) is 6.24. The summed E-state index contributed by atoms with van der Waals surface area (Å²) < 4.78 is 0. The van der Waals surface area contributed by atoms with Gasteiger partial charge in [0.05, 0.1) is 0 Å². The molecule has 0 aromatic heterocycles. The molecule has 2 heteroatoms. The smallest absolute Gasteiger partial charge is 0.0418 e. The van der Waals surface area contributed by atoms with Crippen LogP contribution < -0.4 is 10.6 Å². The molecule has 2 nitrogen and oxygen atoms in total. The molecule has 108 valence electrons. The Hall–Kier alpha value is -1.80. The van der Waals surface area contributed by atoms with E-state index in [1.165, 1.54) is 53.6 Å². The second kappa shape index (κ2) is 5.53. The SMILES string of the molecule is c1ccc2c(c1)CC(NCc1cccc3c1NCCC3)C2. The van der Waals surface area contributed by atoms with E-state index in [-0.39, 0.29) is 0 Å². The Kier molecular flexibility index (Phi) is 3.40. The van der Waals surface area contributed by atoms with Crippen molar-refractivity contribution in [1.82, 2.24) is 5.32 Å². The van der Waals surface area contributed by atoms with Crippen LogP contribution in [0.25, 0.3) is 0 Å². The molecule has 1 heterocycles. The topological polar surface area (TPSA) is 24.1 Å². The Balaban J connectivity index is 1.44. The van der Waals surface area contributed by atoms with E-state index in [2.05, 4.69) is 53.1 Å². The van der Waals surface area contributed by atoms with E-state index in [1.807, 2.05) is 0 Å². The summed E-state index contributed by atoms with van der Waals surface area (Å²) in [6.07, 6.45) is 4.80. The van der Waals surface area contributed by atoms with Crippen LogP contribution in [0.4, 0.5) is 5.69 Å². The van der Waals surface area contributed by atoms with E-state index in [0.717, 1.165) is 13.1 Å². The summed E-state index contributed by atoms with van der Waals surface area (Å²) in [4.78, 5) is 0. The number of rotatable bonds is 3. The molecular weight excluding hydrogens is 256 g/mol. The average molecular weight is 278 g/mol. The van der Waals surface area contributed by atoms with Gasteiger partial charge in [0.25, 0.3) is 0 Å². The van der Waals surface area contributed by atoms with Crippen LogP contribution in [0.15, 0.2) is 42.5 Å². The number of nitrogens with one attached hydrogen (secondary N) is 2. The molecule has 2 aromatic carbocycles. The molecule has 0 bridgehead atoms. The second-order valence-corrected chi connectivity index (χ2v) is 6.24. The molecule has 0 spiro atoms. The highest BCUT2D eigenvalue weighted by Gasteiger charge is 2.21. The number of benzene rings is 2. The fourth-order valence-corrected chi connectivity index (χ4v) is 3.69. The van der Waals surface area contributed by atoms with Gasteiger partial charge in [0.15, 0.2) is 0 Å². The maximum atomic E-state index is 3.75. The van der Waals surface area contributed by atoms with Crippen LogP contribution >= 0.6 is 0 Å². The molecule has 4 rings (SSSR count). The first kappa shape index (κ1) is 12.9. The van der Waals surface area contributed by atoms with Crippen molar-refractivity contribution >= 4 is 5.69 Å². The van der Waals surface area contributed by atoms with Gasteiger partial charge in [-0.05, 0) is 47.9 Å². The number of hydrogen-bond acceptors (Lipinski definition) is 2. The molecular formula is C19H22N2. The van der Waals surface area contributed by atoms with E-state index in [0.29, 0.717) is 6.04 Å². The lowest BCUT2D eigenvalue weighted by Gasteiger charge is -2.22. The largest absolute Gasteiger partial charge is 0.385 e. The Morgan fingerprint density at radius 2 is 1.71 bits per heavy atom. The molecule has 2 aliphatic rings. The van der Waals surface area contributed by atoms with Crippen molar-refractivity contribution in [3.8, 4) is 0 Å². The third kappa shape index (κ3) is 2.56. The predicted molar refractivity (Wildman–Crippen MR) is 87.7 cm³/mol. The average Bonchev–Trinajstić information content (AvgIpc) is 2.96. The van der Waals surface area contributed by atoms with Gasteiger partial charge in [0.1, 0.15) is 0 Å². The summed E-state index contributed by atoms with van der Waals surface area (Å²) in [5, 5.41) is 7.34. The standard InChI is InChI=1S/C19H22N2/c1-2-6-16-12-18(11-15(16)5-1)21-13-17-8-3-7-14-9-4-10-20-19(14)17/h1-3,5-8,18,20-21H,4,9-13H2. The third-order valence-corrected chi connectivity index (χ3v) is 4.79. The fourth-order valence-electron chi connectivity index (χ4n) is 3.69. The minimum absolute atomic E-state index is 0.585. The molecule has 0 saturated carbocycles. The summed E-state index contributed by atoms with van der Waals surface area (Å²) in [6.45, 7) is 2.08. The minimum atomic E-state index is 0.585. The number of hydrogen-bond donors (Lipinski definition) is 2. The van der Waals surface area contributed by atoms with Gasteiger partial charge in [-0.25, -0.2) is 0 Å². The molecule has 2 N–H and O–H groups in total. The van der Waals surface area contributed by atoms with Crippen LogP contribution in [-0.4, -0.2) is 12.6 Å². The molecule has 0 unspecified atom stereocenters. The molecule has 1 aliphatic heterocycles. The first-order chi connectivity index (χ1) is 10.4. The van der Waals surface area contributed by atoms with E-state index in [4.69, 9.17) is 0 Å². The molecule has 1 aliphatic carbocycles. The zero-order valence-corrected chi connectivity index (χ0v) is 12.4. The van der Waals surface area contributed by atoms with Gasteiger partial charge in [0, 0.05) is 24.8 Å². The van der Waals surface area contributed by atoms with Crippen LogP contribution in [0.5, 0.6) is 0 Å². The van der Waals surface area contributed by atoms with Crippen molar-refractivity contribution < 1.29 is 0 Å². The maximum Gasteiger partial charge on any atom is 0.0418 e. The fraction of sp³-hybridized carbons (Fsp3) is 0.368. The molecule has 2 aromatic rings. The van der Waals surface area contributed by atoms with Crippen LogP contribution in [0.3, 0.4) is 0 Å². The van der Waals surface area contributed by atoms with Gasteiger partial charge in [-0.2, -0.15) is 0 Å². The normalized spacial score (nSPS) is 17.1. The van der Waals surface area contributed by atoms with Gasteiger partial charge in [-0.3, -0.25) is 0 Å². The van der Waals surface area contributed by atoms with Crippen molar-refractivity contribution in [2.24, 2.45) is 0 Å². The summed E-state index contributed by atoms with van der Waals surface area (Å²) in [7, 11) is 0. The van der Waals surface area contributed by atoms with Gasteiger partial charge in [-0.15, -0.1) is 0 Å². The maximum absolute atomic E-state index is 3.75. The summed E-state index contributed by atoms with van der Waals surface area (Å²) >= 11 is 0. The van der Waals surface area contributed by atoms with Crippen LogP contribution in [0.2, 0.25) is 0 Å². The summed E-state index contributed by atoms with van der Waals surface area (Å²) in [6, 6.07) is 16.1. The number of aryl methyl sites for hydroxylation is 1. The highest BCUT2D eigenvalue weighted by molar-refractivity contribution is 5.59. The highest BCUT2D eigenvalue weighted by Crippen LogP contribution is 2.27. The number of fused-ring (bicyclic) bond motifs is 2. The van der Waals surface area contributed by atoms with E-state index >= 15 is 0 Å². The lowest BCUT2D eigenvalue weighted by molar-refractivity contribution is 0.533. The van der Waals surface area contributed by atoms with Gasteiger partial charge in [-0.1, -0.05) is 42.5 Å². The van der Waals surface area contributed by atoms with Gasteiger partial charge < -0.3 is 10.6 Å². The zero-order valence-electron chi connectivity index (χ0n) is 12.4. The monoisotopic (exact) mass is 278 g/mol. The lowest BCUT2D eigenvalue weighted by Crippen LogP contribution is -2.29. The zero-order chi connectivity index (χ0) is 14.1. The summed E-state index contributed by atoms with van der Waals surface area (Å²) in [5.74, 6) is 0. The first-order valence-corrected chi connectivity index (χ1v) is 8.05. The Morgan fingerprint density at radius 3 is 2.52 bits per heavy atom. The number of para-hydroxylation sites is 1. The summed E-state index contributed by atoms with van der Waals surface area (Å²) in [5.41, 5.74) is 7.32. The molecule has 0 radical (unpaired) electrons. The Bertz CT molecular complexity index is 623. The highest BCUT2D eigenvalue weighted by atomic mass is 14.9. The minimum Gasteiger partial charge on any atom is -0.385 e. The molecule has 21 heavy (non-hydrogen) atoms. The van der Waals surface area contributed by atoms with E-state index in [1.54, 1.807) is 0 Å². The lowest BCUT2D eigenvalue weighted by atomic mass is 9.99. The van der Waals surface area contributed by atoms with Crippen molar-refractivity contribution in [3.05, 3.63) is 64.7 Å². The van der Waals surface area contributed by atoms with E-state index < -0.39 is 0 Å². The van der Waals surface area contributed by atoms with Crippen LogP contribution in [0, 0.1) is 0 Å². The van der Waals surface area contributed by atoms with Crippen LogP contribution in [-0.2, 0) is 25.8 Å². The van der Waals surface area contributed by atoms with Crippen molar-refractivity contribution in [2.45, 2.75) is 38.3 Å². The van der Waals surface area contributed by atoms with Crippen molar-refractivity contribution in [2.75, 3.05) is 11.9 Å². The molecule has 0 atom stereocenters. The van der Waals surface area contributed by atoms with E-state index in [9.17, 15) is 0 Å². The number of anilines is 1. The Morgan fingerprint density at radius 1 is 0.952 bits per heavy atom.